The molecule has 0 aliphatic heterocycles. The van der Waals surface area contributed by atoms with Crippen molar-refractivity contribution < 1.29 is 24.4 Å². The number of hydrogen-bond donors (Lipinski definition) is 0. The van der Waals surface area contributed by atoms with Crippen molar-refractivity contribution in [2.45, 2.75) is 0 Å². The molecule has 0 aliphatic rings. The van der Waals surface area contributed by atoms with Crippen molar-refractivity contribution in [3.8, 4) is 0 Å². The van der Waals surface area contributed by atoms with E-state index in [1.165, 1.54) is 0 Å². The number of hydrogen-bond acceptors (Lipinski definition) is 4. The second-order valence-electron chi connectivity index (χ2n) is 0.385. The van der Waals surface area contributed by atoms with Crippen LogP contribution < -0.4 is 15.3 Å². The molecule has 5 heavy (non-hydrogen) atoms. The van der Waals surface area contributed by atoms with Gasteiger partial charge in [-0.1, -0.05) is 0 Å². The predicted molar refractivity (Wildman–Crippen MR) is 10.2 cm³/mol. The lowest BCUT2D eigenvalue weighted by atomic mass is 10.3. The van der Waals surface area contributed by atoms with Crippen molar-refractivity contribution >= 4 is 7.32 Å². The van der Waals surface area contributed by atoms with E-state index in [1.807, 2.05) is 0 Å². The summed E-state index contributed by atoms with van der Waals surface area (Å²) in [6, 6.07) is 0. The fraction of sp³-hybridized carbons (Fsp3) is 0. The second kappa shape index (κ2) is 2.16. The third-order valence-electron chi connectivity index (χ3n) is 0.0786. The van der Waals surface area contributed by atoms with Gasteiger partial charge in [0.25, 0.3) is 0 Å². The van der Waals surface area contributed by atoms with Crippen molar-refractivity contribution in [2.24, 2.45) is 0 Å². The Hall–Kier alpha value is -0.0951. The van der Waals surface area contributed by atoms with Crippen LogP contribution in [0.3, 0.4) is 0 Å². The van der Waals surface area contributed by atoms with Crippen LogP contribution in [0.4, 0.5) is 0 Å². The smallest absolute Gasteiger partial charge is 0.871 e. The molecule has 0 rings (SSSR count). The molecule has 0 aromatic rings. The summed E-state index contributed by atoms with van der Waals surface area (Å²) in [6.07, 6.45) is 0. The van der Waals surface area contributed by atoms with Gasteiger partial charge in [-0.3, -0.25) is 0 Å². The molecule has 0 spiro atoms. The van der Waals surface area contributed by atoms with Gasteiger partial charge < -0.3 is 20.1 Å². The Kier molecular flexibility index (Phi) is 2.12. The van der Waals surface area contributed by atoms with Crippen molar-refractivity contribution in [3.05, 3.63) is 0 Å². The Labute approximate surface area is 33.2 Å². The fourth-order valence-corrected chi connectivity index (χ4v) is 0. The van der Waals surface area contributed by atoms with E-state index < -0.39 is 7.32 Å². The van der Waals surface area contributed by atoms with Crippen LogP contribution in [0.5, 0.6) is 0 Å². The zero-order chi connectivity index (χ0) is 4.28. The van der Waals surface area contributed by atoms with Gasteiger partial charge in [-0.2, -0.15) is 0 Å². The van der Waals surface area contributed by atoms with Gasteiger partial charge in [0.2, 0.25) is 0 Å². The molecule has 5 heteroatoms. The maximum Gasteiger partial charge on any atom is 1.00 e. The van der Waals surface area contributed by atoms with Crippen LogP contribution in [0.15, 0.2) is 0 Å². The Balaban J connectivity index is -0.0000000267. The Morgan fingerprint density at radius 1 is 1.60 bits per heavy atom. The minimum absolute atomic E-state index is 0. The van der Waals surface area contributed by atoms with Crippen LogP contribution in [-0.4, -0.2) is 7.32 Å². The zero-order valence-electron chi connectivity index (χ0n) is 5.21. The van der Waals surface area contributed by atoms with Gasteiger partial charge in [-0.05, 0) is 0 Å². The highest BCUT2D eigenvalue weighted by Gasteiger charge is 1.50. The second-order valence-corrected chi connectivity index (χ2v) is 0.385. The molecule has 0 atom stereocenters. The first kappa shape index (κ1) is 4.90. The molecular weight excluding hydrogens is 74.8 g/mol. The highest BCUT2D eigenvalue weighted by atomic mass is 17.1. The van der Waals surface area contributed by atoms with E-state index in [9.17, 15) is 0 Å². The van der Waals surface area contributed by atoms with Crippen LogP contribution in [0.1, 0.15) is 4.28 Å². The molecule has 0 saturated carbocycles. The van der Waals surface area contributed by atoms with Gasteiger partial charge in [0, 0.05) is 7.32 Å². The average molecular weight is 77.8 g/mol. The molecule has 0 bridgehead atoms. The van der Waals surface area contributed by atoms with Crippen LogP contribution in [-0.2, 0) is 4.81 Å². The van der Waals surface area contributed by atoms with Gasteiger partial charge in [0.15, 0.2) is 0 Å². The molecule has 0 saturated heterocycles. The molecule has 0 amide bonds. The van der Waals surface area contributed by atoms with Crippen LogP contribution in [0.2, 0.25) is 0 Å². The summed E-state index contributed by atoms with van der Waals surface area (Å²) in [6.45, 7) is 0. The zero-order valence-corrected chi connectivity index (χ0v) is 2.21. The van der Waals surface area contributed by atoms with Gasteiger partial charge in [-0.25, -0.2) is 0 Å². The SMILES string of the molecule is [H+].[H+].[H+].[O-]OB([O-])[O-]. The first-order valence-electron chi connectivity index (χ1n) is 0.874. The van der Waals surface area contributed by atoms with Crippen molar-refractivity contribution in [3.63, 3.8) is 0 Å². The summed E-state index contributed by atoms with van der Waals surface area (Å²) < 4.78 is 0. The van der Waals surface area contributed by atoms with Crippen molar-refractivity contribution in [1.29, 1.82) is 0 Å². The van der Waals surface area contributed by atoms with E-state index in [1.54, 1.807) is 0 Å². The van der Waals surface area contributed by atoms with E-state index in [4.69, 9.17) is 15.3 Å². The molecule has 0 N–H and O–H groups in total. The fourth-order valence-electron chi connectivity index (χ4n) is 0. The van der Waals surface area contributed by atoms with Gasteiger partial charge in [-0.15, -0.1) is 0 Å². The third kappa shape index (κ3) is 3.90. The quantitative estimate of drug-likeness (QED) is 0.184. The topological polar surface area (TPSA) is 78.4 Å². The summed E-state index contributed by atoms with van der Waals surface area (Å²) in [7, 11) is -2.67. The number of rotatable bonds is 1. The molecular formula is H3BO4. The van der Waals surface area contributed by atoms with Crippen molar-refractivity contribution in [1.82, 2.24) is 0 Å². The Morgan fingerprint density at radius 2 is 1.80 bits per heavy atom. The largest absolute Gasteiger partial charge is 1.00 e. The van der Waals surface area contributed by atoms with E-state index in [0.717, 1.165) is 0 Å². The highest BCUT2D eigenvalue weighted by Crippen LogP contribution is 1.37. The molecule has 0 unspecified atom stereocenters. The van der Waals surface area contributed by atoms with Gasteiger partial charge >= 0.3 is 4.28 Å². The molecule has 0 heterocycles. The minimum Gasteiger partial charge on any atom is -0.871 e. The minimum atomic E-state index is -2.67. The first-order valence-corrected chi connectivity index (χ1v) is 0.874. The van der Waals surface area contributed by atoms with E-state index in [2.05, 4.69) is 4.81 Å². The third-order valence-corrected chi connectivity index (χ3v) is 0.0786. The molecule has 0 aromatic carbocycles. The normalized spacial score (nSPS) is 7.80. The van der Waals surface area contributed by atoms with Gasteiger partial charge in [0.05, 0.1) is 0 Å². The molecule has 0 fully saturated rings. The molecule has 30 valence electrons. The molecule has 0 radical (unpaired) electrons. The van der Waals surface area contributed by atoms with Gasteiger partial charge in [0.1, 0.15) is 0 Å². The molecule has 4 nitrogen and oxygen atoms in total. The summed E-state index contributed by atoms with van der Waals surface area (Å²) >= 11 is 0. The molecule has 0 aliphatic carbocycles. The van der Waals surface area contributed by atoms with E-state index in [0.29, 0.717) is 0 Å². The van der Waals surface area contributed by atoms with Crippen LogP contribution >= 0.6 is 0 Å². The highest BCUT2D eigenvalue weighted by molar-refractivity contribution is 6.27. The van der Waals surface area contributed by atoms with E-state index >= 15 is 0 Å². The molecule has 0 aromatic heterocycles. The summed E-state index contributed by atoms with van der Waals surface area (Å²) in [5.74, 6) is 0. The average Bonchev–Trinajstić information content (AvgIpc) is 1.38. The van der Waals surface area contributed by atoms with E-state index in [-0.39, 0.29) is 4.28 Å². The monoisotopic (exact) mass is 78.0 g/mol. The lowest BCUT2D eigenvalue weighted by Crippen LogP contribution is -2.50. The van der Waals surface area contributed by atoms with Crippen molar-refractivity contribution in [2.75, 3.05) is 0 Å². The summed E-state index contributed by atoms with van der Waals surface area (Å²) in [4.78, 5) is 2.39. The standard InChI is InChI=1S/BHO4/c2-1(3)5-4/h4H/q-2/p+2. The predicted octanol–water partition coefficient (Wildman–Crippen LogP) is -3.68. The Bertz CT molecular complexity index is 25.2. The maximum absolute atomic E-state index is 8.81. The van der Waals surface area contributed by atoms with Crippen LogP contribution in [0, 0.1) is 0 Å². The maximum atomic E-state index is 8.81. The lowest BCUT2D eigenvalue weighted by molar-refractivity contribution is -0.678. The summed E-state index contributed by atoms with van der Waals surface area (Å²) in [5.41, 5.74) is 0. The lowest BCUT2D eigenvalue weighted by Gasteiger charge is -2.29. The Morgan fingerprint density at radius 3 is 1.80 bits per heavy atom. The van der Waals surface area contributed by atoms with Crippen LogP contribution in [0.25, 0.3) is 0 Å². The first-order chi connectivity index (χ1) is 2.27. The summed E-state index contributed by atoms with van der Waals surface area (Å²) in [5, 5.41) is 26.1.